The number of carbonyl (C=O) groups is 1. The van der Waals surface area contributed by atoms with Crippen molar-refractivity contribution in [3.05, 3.63) is 68.9 Å². The van der Waals surface area contributed by atoms with E-state index in [1.54, 1.807) is 6.07 Å². The molecule has 1 N–H and O–H groups in total. The van der Waals surface area contributed by atoms with Gasteiger partial charge >= 0.3 is 0 Å². The molecule has 112 valence electrons. The van der Waals surface area contributed by atoms with Gasteiger partial charge in [-0.05, 0) is 23.8 Å². The Kier molecular flexibility index (Phi) is 4.40. The van der Waals surface area contributed by atoms with Gasteiger partial charge in [0.05, 0.1) is 10.1 Å². The van der Waals surface area contributed by atoms with Crippen LogP contribution in [0.5, 0.6) is 0 Å². The number of carbonyl (C=O) groups excluding carboxylic acids is 1. The van der Waals surface area contributed by atoms with Crippen molar-refractivity contribution in [2.75, 3.05) is 0 Å². The molecule has 3 aromatic rings. The predicted octanol–water partition coefficient (Wildman–Crippen LogP) is 3.14. The maximum Gasteiger partial charge on any atom is 0.268 e. The molecule has 4 nitrogen and oxygen atoms in total. The highest BCUT2D eigenvalue weighted by molar-refractivity contribution is 9.10. The minimum Gasteiger partial charge on any atom is -0.350 e. The fraction of sp³-hybridized carbons (Fsp3) is 0.125. The Morgan fingerprint density at radius 3 is 2.64 bits per heavy atom. The third-order valence-corrected chi connectivity index (χ3v) is 5.12. The molecule has 1 aromatic heterocycles. The maximum absolute atomic E-state index is 12.2. The summed E-state index contributed by atoms with van der Waals surface area (Å²) in [6.07, 6.45) is 0. The molecule has 0 bridgehead atoms. The molecule has 0 fully saturated rings. The molecule has 2 aromatic carbocycles. The fourth-order valence-corrected chi connectivity index (χ4v) is 3.56. The lowest BCUT2D eigenvalue weighted by molar-refractivity contribution is -0.121. The molecule has 6 heteroatoms. The van der Waals surface area contributed by atoms with Crippen LogP contribution in [0.1, 0.15) is 5.56 Å². The zero-order valence-electron chi connectivity index (χ0n) is 11.6. The molecule has 0 saturated heterocycles. The van der Waals surface area contributed by atoms with Crippen LogP contribution in [-0.4, -0.2) is 9.86 Å². The quantitative estimate of drug-likeness (QED) is 0.760. The first-order valence-corrected chi connectivity index (χ1v) is 8.31. The van der Waals surface area contributed by atoms with Crippen LogP contribution in [0.3, 0.4) is 0 Å². The number of hydrogen-bond donors (Lipinski definition) is 1. The van der Waals surface area contributed by atoms with E-state index in [9.17, 15) is 9.59 Å². The average Bonchev–Trinajstić information content (AvgIpc) is 2.83. The third-order valence-electron chi connectivity index (χ3n) is 3.27. The van der Waals surface area contributed by atoms with Crippen molar-refractivity contribution in [1.29, 1.82) is 0 Å². The standard InChI is InChI=1S/C16H13BrN2O2S/c17-13-7-3-1-5-11(13)9-18-15(20)10-19-16(21)12-6-2-4-8-14(12)22-19/h1-8H,9-10H2,(H,18,20). The van der Waals surface area contributed by atoms with Crippen molar-refractivity contribution in [2.45, 2.75) is 13.1 Å². The molecule has 0 aliphatic rings. The molecule has 0 aliphatic carbocycles. The highest BCUT2D eigenvalue weighted by atomic mass is 79.9. The van der Waals surface area contributed by atoms with Crippen molar-refractivity contribution in [1.82, 2.24) is 9.27 Å². The normalized spacial score (nSPS) is 10.8. The zero-order valence-corrected chi connectivity index (χ0v) is 14.0. The molecule has 0 aliphatic heterocycles. The van der Waals surface area contributed by atoms with Crippen LogP contribution in [0.15, 0.2) is 57.8 Å². The molecule has 0 radical (unpaired) electrons. The SMILES string of the molecule is O=C(Cn1sc2ccccc2c1=O)NCc1ccccc1Br. The van der Waals surface area contributed by atoms with Crippen molar-refractivity contribution >= 4 is 43.5 Å². The van der Waals surface area contributed by atoms with E-state index >= 15 is 0 Å². The summed E-state index contributed by atoms with van der Waals surface area (Å²) in [6, 6.07) is 15.1. The Morgan fingerprint density at radius 1 is 1.14 bits per heavy atom. The summed E-state index contributed by atoms with van der Waals surface area (Å²) >= 11 is 4.75. The number of nitrogens with one attached hydrogen (secondary N) is 1. The van der Waals surface area contributed by atoms with Crippen LogP contribution in [0, 0.1) is 0 Å². The lowest BCUT2D eigenvalue weighted by Gasteiger charge is -2.06. The molecule has 0 spiro atoms. The molecule has 1 amide bonds. The second-order valence-corrected chi connectivity index (χ2v) is 6.71. The number of amides is 1. The molecular formula is C16H13BrN2O2S. The number of aromatic nitrogens is 1. The summed E-state index contributed by atoms with van der Waals surface area (Å²) in [5.41, 5.74) is 0.885. The molecule has 0 atom stereocenters. The monoisotopic (exact) mass is 376 g/mol. The van der Waals surface area contributed by atoms with Gasteiger partial charge < -0.3 is 5.32 Å². The van der Waals surface area contributed by atoms with Crippen LogP contribution in [0.2, 0.25) is 0 Å². The molecule has 22 heavy (non-hydrogen) atoms. The first-order chi connectivity index (χ1) is 10.6. The first-order valence-electron chi connectivity index (χ1n) is 6.74. The molecule has 1 heterocycles. The van der Waals surface area contributed by atoms with Gasteiger partial charge in [0.25, 0.3) is 5.56 Å². The first kappa shape index (κ1) is 15.0. The molecule has 0 unspecified atom stereocenters. The minimum absolute atomic E-state index is 0.0443. The summed E-state index contributed by atoms with van der Waals surface area (Å²) in [7, 11) is 0. The lowest BCUT2D eigenvalue weighted by Crippen LogP contribution is -2.29. The van der Waals surface area contributed by atoms with E-state index in [2.05, 4.69) is 21.2 Å². The van der Waals surface area contributed by atoms with Gasteiger partial charge in [-0.25, -0.2) is 0 Å². The Labute approximate surface area is 139 Å². The van der Waals surface area contributed by atoms with Gasteiger partial charge in [-0.3, -0.25) is 13.5 Å². The number of halogens is 1. The van der Waals surface area contributed by atoms with Gasteiger partial charge in [-0.2, -0.15) is 0 Å². The van der Waals surface area contributed by atoms with Gasteiger partial charge in [0, 0.05) is 11.0 Å². The van der Waals surface area contributed by atoms with E-state index in [4.69, 9.17) is 0 Å². The second kappa shape index (κ2) is 6.46. The van der Waals surface area contributed by atoms with Gasteiger partial charge in [-0.15, -0.1) is 0 Å². The highest BCUT2D eigenvalue weighted by Crippen LogP contribution is 2.16. The summed E-state index contributed by atoms with van der Waals surface area (Å²) in [5.74, 6) is -0.176. The van der Waals surface area contributed by atoms with Crippen molar-refractivity contribution in [2.24, 2.45) is 0 Å². The van der Waals surface area contributed by atoms with Crippen LogP contribution in [0.4, 0.5) is 0 Å². The van der Waals surface area contributed by atoms with Crippen LogP contribution in [-0.2, 0) is 17.9 Å². The average molecular weight is 377 g/mol. The van der Waals surface area contributed by atoms with Gasteiger partial charge in [0.1, 0.15) is 6.54 Å². The van der Waals surface area contributed by atoms with Crippen molar-refractivity contribution in [3.63, 3.8) is 0 Å². The van der Waals surface area contributed by atoms with E-state index in [0.717, 1.165) is 14.7 Å². The largest absolute Gasteiger partial charge is 0.350 e. The van der Waals surface area contributed by atoms with E-state index in [1.807, 2.05) is 42.5 Å². The van der Waals surface area contributed by atoms with E-state index in [1.165, 1.54) is 15.5 Å². The number of nitrogens with zero attached hydrogens (tertiary/aromatic N) is 1. The minimum atomic E-state index is -0.176. The van der Waals surface area contributed by atoms with Crippen LogP contribution < -0.4 is 10.9 Å². The molecule has 0 saturated carbocycles. The second-order valence-electron chi connectivity index (χ2n) is 4.80. The lowest BCUT2D eigenvalue weighted by atomic mass is 10.2. The van der Waals surface area contributed by atoms with E-state index in [-0.39, 0.29) is 18.0 Å². The summed E-state index contributed by atoms with van der Waals surface area (Å²) in [6.45, 7) is 0.475. The van der Waals surface area contributed by atoms with E-state index < -0.39 is 0 Å². The van der Waals surface area contributed by atoms with Crippen molar-refractivity contribution < 1.29 is 4.79 Å². The van der Waals surface area contributed by atoms with Gasteiger partial charge in [0.2, 0.25) is 5.91 Å². The fourth-order valence-electron chi connectivity index (χ4n) is 2.14. The summed E-state index contributed by atoms with van der Waals surface area (Å²) < 4.78 is 3.33. The number of rotatable bonds is 4. The topological polar surface area (TPSA) is 51.1 Å². The Morgan fingerprint density at radius 2 is 1.86 bits per heavy atom. The Hall–Kier alpha value is -1.92. The number of fused-ring (bicyclic) bond motifs is 1. The third kappa shape index (κ3) is 3.13. The Bertz CT molecular complexity index is 885. The smallest absolute Gasteiger partial charge is 0.268 e. The Balaban J connectivity index is 1.70. The predicted molar refractivity (Wildman–Crippen MR) is 92.1 cm³/mol. The van der Waals surface area contributed by atoms with Gasteiger partial charge in [0.15, 0.2) is 0 Å². The van der Waals surface area contributed by atoms with Crippen LogP contribution in [0.25, 0.3) is 10.1 Å². The maximum atomic E-state index is 12.2. The number of benzene rings is 2. The number of hydrogen-bond acceptors (Lipinski definition) is 3. The van der Waals surface area contributed by atoms with Gasteiger partial charge in [-0.1, -0.05) is 57.8 Å². The highest BCUT2D eigenvalue weighted by Gasteiger charge is 2.10. The van der Waals surface area contributed by atoms with Crippen molar-refractivity contribution in [3.8, 4) is 0 Å². The zero-order chi connectivity index (χ0) is 15.5. The van der Waals surface area contributed by atoms with Crippen LogP contribution >= 0.6 is 27.5 Å². The summed E-state index contributed by atoms with van der Waals surface area (Å²) in [4.78, 5) is 24.2. The molecule has 3 rings (SSSR count). The molecular weight excluding hydrogens is 364 g/mol. The van der Waals surface area contributed by atoms with E-state index in [0.29, 0.717) is 11.9 Å². The summed E-state index contributed by atoms with van der Waals surface area (Å²) in [5, 5.41) is 3.50.